The van der Waals surface area contributed by atoms with Crippen LogP contribution in [0, 0.1) is 5.92 Å². The van der Waals surface area contributed by atoms with Gasteiger partial charge in [0.15, 0.2) is 0 Å². The standard InChI is InChI=1S/C9H15N3O/c1-3-7(2)9(13)11-5-8-4-10-6-12-8/h4,6-7H,3,5H2,1-2H3,(H,10,12)(H,11,13). The Morgan fingerprint density at radius 2 is 2.54 bits per heavy atom. The van der Waals surface area contributed by atoms with E-state index in [9.17, 15) is 4.79 Å². The van der Waals surface area contributed by atoms with Gasteiger partial charge >= 0.3 is 0 Å². The van der Waals surface area contributed by atoms with Gasteiger partial charge in [-0.3, -0.25) is 4.79 Å². The molecule has 1 atom stereocenters. The minimum absolute atomic E-state index is 0.0860. The van der Waals surface area contributed by atoms with E-state index in [0.717, 1.165) is 12.1 Å². The van der Waals surface area contributed by atoms with Gasteiger partial charge < -0.3 is 10.3 Å². The Hall–Kier alpha value is -1.32. The Bertz CT molecular complexity index is 256. The van der Waals surface area contributed by atoms with Gasteiger partial charge in [0, 0.05) is 12.1 Å². The van der Waals surface area contributed by atoms with E-state index in [1.807, 2.05) is 13.8 Å². The summed E-state index contributed by atoms with van der Waals surface area (Å²) in [6.07, 6.45) is 4.18. The van der Waals surface area contributed by atoms with Gasteiger partial charge in [0.1, 0.15) is 0 Å². The van der Waals surface area contributed by atoms with Crippen molar-refractivity contribution in [3.05, 3.63) is 18.2 Å². The van der Waals surface area contributed by atoms with Gasteiger partial charge in [0.05, 0.1) is 18.6 Å². The third-order valence-electron chi connectivity index (χ3n) is 2.07. The summed E-state index contributed by atoms with van der Waals surface area (Å²) in [7, 11) is 0. The molecule has 1 aromatic heterocycles. The molecule has 0 saturated heterocycles. The number of carbonyl (C=O) groups is 1. The summed E-state index contributed by atoms with van der Waals surface area (Å²) >= 11 is 0. The average Bonchev–Trinajstić information content (AvgIpc) is 2.65. The van der Waals surface area contributed by atoms with E-state index in [1.54, 1.807) is 12.5 Å². The quantitative estimate of drug-likeness (QED) is 0.730. The number of aromatic nitrogens is 2. The molecule has 0 aliphatic heterocycles. The molecule has 2 N–H and O–H groups in total. The van der Waals surface area contributed by atoms with Crippen molar-refractivity contribution >= 4 is 5.91 Å². The van der Waals surface area contributed by atoms with Crippen molar-refractivity contribution in [3.8, 4) is 0 Å². The molecule has 1 aromatic rings. The minimum atomic E-state index is 0.0860. The summed E-state index contributed by atoms with van der Waals surface area (Å²) in [6, 6.07) is 0. The summed E-state index contributed by atoms with van der Waals surface area (Å²) in [6.45, 7) is 4.45. The average molecular weight is 181 g/mol. The normalized spacial score (nSPS) is 12.5. The number of aromatic amines is 1. The SMILES string of the molecule is CCC(C)C(=O)NCc1cnc[nH]1. The van der Waals surface area contributed by atoms with Crippen molar-refractivity contribution < 1.29 is 4.79 Å². The number of hydrogen-bond donors (Lipinski definition) is 2. The van der Waals surface area contributed by atoms with Gasteiger partial charge in [-0.1, -0.05) is 13.8 Å². The third kappa shape index (κ3) is 2.89. The monoisotopic (exact) mass is 181 g/mol. The number of rotatable bonds is 4. The third-order valence-corrected chi connectivity index (χ3v) is 2.07. The predicted molar refractivity (Wildman–Crippen MR) is 49.9 cm³/mol. The molecule has 1 rings (SSSR count). The highest BCUT2D eigenvalue weighted by atomic mass is 16.1. The van der Waals surface area contributed by atoms with Crippen LogP contribution in [0.4, 0.5) is 0 Å². The van der Waals surface area contributed by atoms with Crippen molar-refractivity contribution in [2.45, 2.75) is 26.8 Å². The van der Waals surface area contributed by atoms with Gasteiger partial charge in [0.25, 0.3) is 0 Å². The zero-order valence-corrected chi connectivity index (χ0v) is 8.00. The van der Waals surface area contributed by atoms with Crippen LogP contribution in [-0.4, -0.2) is 15.9 Å². The second-order valence-electron chi connectivity index (χ2n) is 3.10. The molecule has 0 aromatic carbocycles. The molecular weight excluding hydrogens is 166 g/mol. The van der Waals surface area contributed by atoms with Crippen molar-refractivity contribution in [3.63, 3.8) is 0 Å². The Morgan fingerprint density at radius 1 is 1.77 bits per heavy atom. The molecule has 1 heterocycles. The van der Waals surface area contributed by atoms with Gasteiger partial charge in [0.2, 0.25) is 5.91 Å². The van der Waals surface area contributed by atoms with Crippen LogP contribution in [0.5, 0.6) is 0 Å². The van der Waals surface area contributed by atoms with E-state index in [-0.39, 0.29) is 11.8 Å². The van der Waals surface area contributed by atoms with Gasteiger partial charge in [-0.15, -0.1) is 0 Å². The van der Waals surface area contributed by atoms with Crippen molar-refractivity contribution in [1.82, 2.24) is 15.3 Å². The zero-order valence-electron chi connectivity index (χ0n) is 8.00. The van der Waals surface area contributed by atoms with Gasteiger partial charge in [-0.25, -0.2) is 4.98 Å². The highest BCUT2D eigenvalue weighted by molar-refractivity contribution is 5.78. The minimum Gasteiger partial charge on any atom is -0.350 e. The highest BCUT2D eigenvalue weighted by Gasteiger charge is 2.09. The lowest BCUT2D eigenvalue weighted by atomic mass is 10.1. The Kier molecular flexibility index (Phi) is 3.49. The van der Waals surface area contributed by atoms with Crippen molar-refractivity contribution in [2.75, 3.05) is 0 Å². The maximum Gasteiger partial charge on any atom is 0.223 e. The molecule has 4 nitrogen and oxygen atoms in total. The number of carbonyl (C=O) groups excluding carboxylic acids is 1. The fourth-order valence-corrected chi connectivity index (χ4v) is 0.923. The lowest BCUT2D eigenvalue weighted by Crippen LogP contribution is -2.28. The molecule has 0 spiro atoms. The Balaban J connectivity index is 2.31. The van der Waals surface area contributed by atoms with E-state index in [0.29, 0.717) is 6.54 Å². The van der Waals surface area contributed by atoms with Crippen LogP contribution >= 0.6 is 0 Å². The van der Waals surface area contributed by atoms with Crippen molar-refractivity contribution in [2.24, 2.45) is 5.92 Å². The van der Waals surface area contributed by atoms with Crippen molar-refractivity contribution in [1.29, 1.82) is 0 Å². The van der Waals surface area contributed by atoms with Gasteiger partial charge in [-0.2, -0.15) is 0 Å². The molecule has 0 aliphatic carbocycles. The van der Waals surface area contributed by atoms with Gasteiger partial charge in [-0.05, 0) is 6.42 Å². The first-order chi connectivity index (χ1) is 6.24. The summed E-state index contributed by atoms with van der Waals surface area (Å²) in [5, 5.41) is 2.83. The fourth-order valence-electron chi connectivity index (χ4n) is 0.923. The van der Waals surface area contributed by atoms with Crippen LogP contribution in [0.25, 0.3) is 0 Å². The first kappa shape index (κ1) is 9.77. The van der Waals surface area contributed by atoms with Crippen LogP contribution < -0.4 is 5.32 Å². The lowest BCUT2D eigenvalue weighted by molar-refractivity contribution is -0.124. The number of H-pyrrole nitrogens is 1. The number of nitrogens with one attached hydrogen (secondary N) is 2. The van der Waals surface area contributed by atoms with E-state index < -0.39 is 0 Å². The summed E-state index contributed by atoms with van der Waals surface area (Å²) in [5.74, 6) is 0.181. The number of amides is 1. The molecule has 0 aliphatic rings. The van der Waals surface area contributed by atoms with E-state index in [1.165, 1.54) is 0 Å². The topological polar surface area (TPSA) is 57.8 Å². The van der Waals surface area contributed by atoms with Crippen LogP contribution in [-0.2, 0) is 11.3 Å². The molecule has 72 valence electrons. The molecule has 0 bridgehead atoms. The van der Waals surface area contributed by atoms with E-state index in [4.69, 9.17) is 0 Å². The second-order valence-corrected chi connectivity index (χ2v) is 3.10. The molecule has 0 radical (unpaired) electrons. The van der Waals surface area contributed by atoms with Crippen LogP contribution in [0.1, 0.15) is 26.0 Å². The first-order valence-electron chi connectivity index (χ1n) is 4.49. The molecule has 4 heteroatoms. The molecule has 1 unspecified atom stereocenters. The summed E-state index contributed by atoms with van der Waals surface area (Å²) < 4.78 is 0. The molecule has 1 amide bonds. The molecular formula is C9H15N3O. The van der Waals surface area contributed by atoms with E-state index in [2.05, 4.69) is 15.3 Å². The summed E-state index contributed by atoms with van der Waals surface area (Å²) in [4.78, 5) is 18.1. The van der Waals surface area contributed by atoms with E-state index >= 15 is 0 Å². The summed E-state index contributed by atoms with van der Waals surface area (Å²) in [5.41, 5.74) is 0.927. The maximum absolute atomic E-state index is 11.3. The zero-order chi connectivity index (χ0) is 9.68. The number of imidazole rings is 1. The van der Waals surface area contributed by atoms with Crippen LogP contribution in [0.3, 0.4) is 0 Å². The highest BCUT2D eigenvalue weighted by Crippen LogP contribution is 2.00. The Labute approximate surface area is 77.8 Å². The smallest absolute Gasteiger partial charge is 0.223 e. The molecule has 13 heavy (non-hydrogen) atoms. The first-order valence-corrected chi connectivity index (χ1v) is 4.49. The lowest BCUT2D eigenvalue weighted by Gasteiger charge is -2.08. The maximum atomic E-state index is 11.3. The van der Waals surface area contributed by atoms with Crippen LogP contribution in [0.15, 0.2) is 12.5 Å². The second kappa shape index (κ2) is 4.64. The largest absolute Gasteiger partial charge is 0.350 e. The fraction of sp³-hybridized carbons (Fsp3) is 0.556. The predicted octanol–water partition coefficient (Wildman–Crippen LogP) is 1.07. The number of hydrogen-bond acceptors (Lipinski definition) is 2. The number of nitrogens with zero attached hydrogens (tertiary/aromatic N) is 1. The van der Waals surface area contributed by atoms with Crippen LogP contribution in [0.2, 0.25) is 0 Å². The Morgan fingerprint density at radius 3 is 3.08 bits per heavy atom. The molecule has 0 fully saturated rings. The molecule has 0 saturated carbocycles.